The van der Waals surface area contributed by atoms with E-state index >= 15 is 0 Å². The average Bonchev–Trinajstić information content (AvgIpc) is 2.72. The molecule has 1 heterocycles. The Morgan fingerprint density at radius 2 is 2.40 bits per heavy atom. The van der Waals surface area contributed by atoms with Gasteiger partial charge in [0, 0.05) is 25.9 Å². The number of ether oxygens (including phenoxy) is 1. The molecule has 0 spiro atoms. The van der Waals surface area contributed by atoms with Gasteiger partial charge in [0.05, 0.1) is 12.8 Å². The lowest BCUT2D eigenvalue weighted by Gasteiger charge is -2.13. The van der Waals surface area contributed by atoms with Crippen LogP contribution in [0.15, 0.2) is 12.4 Å². The second kappa shape index (κ2) is 6.58. The van der Waals surface area contributed by atoms with E-state index in [1.165, 1.54) is 5.56 Å². The van der Waals surface area contributed by atoms with Gasteiger partial charge in [-0.25, -0.2) is 0 Å². The van der Waals surface area contributed by atoms with Crippen LogP contribution < -0.4 is 5.32 Å². The molecule has 1 atom stereocenters. The number of hydrogen-bond acceptors (Lipinski definition) is 3. The van der Waals surface area contributed by atoms with Crippen LogP contribution in [0.1, 0.15) is 18.9 Å². The molecule has 0 aliphatic carbocycles. The summed E-state index contributed by atoms with van der Waals surface area (Å²) in [6.07, 6.45) is 6.19. The molecule has 0 aliphatic rings. The van der Waals surface area contributed by atoms with E-state index in [4.69, 9.17) is 4.74 Å². The van der Waals surface area contributed by atoms with Crippen molar-refractivity contribution in [3.8, 4) is 0 Å². The van der Waals surface area contributed by atoms with E-state index in [0.29, 0.717) is 6.04 Å². The van der Waals surface area contributed by atoms with E-state index in [2.05, 4.69) is 23.5 Å². The summed E-state index contributed by atoms with van der Waals surface area (Å²) in [6, 6.07) is 0.431. The zero-order valence-corrected chi connectivity index (χ0v) is 9.86. The summed E-state index contributed by atoms with van der Waals surface area (Å²) in [4.78, 5) is 0. The van der Waals surface area contributed by atoms with Crippen LogP contribution >= 0.6 is 0 Å². The van der Waals surface area contributed by atoms with Crippen LogP contribution in [0.25, 0.3) is 0 Å². The lowest BCUT2D eigenvalue weighted by atomic mass is 10.1. The van der Waals surface area contributed by atoms with Gasteiger partial charge in [0.15, 0.2) is 0 Å². The van der Waals surface area contributed by atoms with E-state index in [1.807, 2.05) is 17.9 Å². The van der Waals surface area contributed by atoms with E-state index < -0.39 is 0 Å². The molecule has 0 saturated heterocycles. The first-order valence-corrected chi connectivity index (χ1v) is 5.47. The Kier molecular flexibility index (Phi) is 5.36. The quantitative estimate of drug-likeness (QED) is 0.733. The largest absolute Gasteiger partial charge is 0.383 e. The van der Waals surface area contributed by atoms with Crippen LogP contribution in [0.2, 0.25) is 0 Å². The average molecular weight is 211 g/mol. The first-order chi connectivity index (χ1) is 7.30. The normalized spacial score (nSPS) is 13.0. The smallest absolute Gasteiger partial charge is 0.0615 e. The molecular formula is C11H21N3O. The molecule has 86 valence electrons. The van der Waals surface area contributed by atoms with Crippen molar-refractivity contribution in [3.63, 3.8) is 0 Å². The van der Waals surface area contributed by atoms with Crippen LogP contribution in [0.5, 0.6) is 0 Å². The fraction of sp³-hybridized carbons (Fsp3) is 0.727. The van der Waals surface area contributed by atoms with Crippen molar-refractivity contribution in [1.82, 2.24) is 15.1 Å². The Hall–Kier alpha value is -0.870. The van der Waals surface area contributed by atoms with Crippen LogP contribution in [-0.4, -0.2) is 36.6 Å². The third-order valence-electron chi connectivity index (χ3n) is 2.57. The standard InChI is InChI=1S/C11H21N3O/c1-4-14-8-10(7-13-14)5-6-11(12-2)9-15-3/h7-8,11-12H,4-6,9H2,1-3H3. The first kappa shape index (κ1) is 12.2. The highest BCUT2D eigenvalue weighted by molar-refractivity contribution is 5.04. The van der Waals surface area contributed by atoms with Gasteiger partial charge in [-0.1, -0.05) is 0 Å². The van der Waals surface area contributed by atoms with Crippen molar-refractivity contribution in [2.75, 3.05) is 20.8 Å². The van der Waals surface area contributed by atoms with Crippen molar-refractivity contribution < 1.29 is 4.74 Å². The zero-order valence-electron chi connectivity index (χ0n) is 9.86. The first-order valence-electron chi connectivity index (χ1n) is 5.47. The summed E-state index contributed by atoms with van der Waals surface area (Å²) in [5.41, 5.74) is 1.30. The third kappa shape index (κ3) is 4.01. The van der Waals surface area contributed by atoms with Gasteiger partial charge < -0.3 is 10.1 Å². The number of aryl methyl sites for hydroxylation is 2. The number of methoxy groups -OCH3 is 1. The molecule has 0 bridgehead atoms. The van der Waals surface area contributed by atoms with Gasteiger partial charge in [-0.3, -0.25) is 4.68 Å². The van der Waals surface area contributed by atoms with Crippen molar-refractivity contribution in [2.45, 2.75) is 32.4 Å². The Morgan fingerprint density at radius 1 is 1.60 bits per heavy atom. The number of nitrogens with zero attached hydrogens (tertiary/aromatic N) is 2. The molecule has 0 saturated carbocycles. The number of likely N-dealkylation sites (N-methyl/N-ethyl adjacent to an activating group) is 1. The minimum Gasteiger partial charge on any atom is -0.383 e. The van der Waals surface area contributed by atoms with Gasteiger partial charge in [-0.05, 0) is 32.4 Å². The summed E-state index contributed by atoms with van der Waals surface area (Å²) < 4.78 is 7.08. The molecule has 1 N–H and O–H groups in total. The van der Waals surface area contributed by atoms with Gasteiger partial charge in [-0.15, -0.1) is 0 Å². The maximum atomic E-state index is 5.13. The lowest BCUT2D eigenvalue weighted by molar-refractivity contribution is 0.166. The molecule has 1 unspecified atom stereocenters. The number of rotatable bonds is 7. The fourth-order valence-electron chi connectivity index (χ4n) is 1.56. The highest BCUT2D eigenvalue weighted by atomic mass is 16.5. The Balaban J connectivity index is 2.34. The summed E-state index contributed by atoms with van der Waals surface area (Å²) in [7, 11) is 3.71. The second-order valence-corrected chi connectivity index (χ2v) is 3.68. The number of hydrogen-bond donors (Lipinski definition) is 1. The molecule has 0 amide bonds. The van der Waals surface area contributed by atoms with Gasteiger partial charge >= 0.3 is 0 Å². The van der Waals surface area contributed by atoms with Gasteiger partial charge in [0.1, 0.15) is 0 Å². The minimum atomic E-state index is 0.431. The minimum absolute atomic E-state index is 0.431. The molecule has 15 heavy (non-hydrogen) atoms. The maximum Gasteiger partial charge on any atom is 0.0615 e. The topological polar surface area (TPSA) is 39.1 Å². The SMILES string of the molecule is CCn1cc(CCC(COC)NC)cn1. The highest BCUT2D eigenvalue weighted by Crippen LogP contribution is 2.04. The lowest BCUT2D eigenvalue weighted by Crippen LogP contribution is -2.30. The molecule has 4 heteroatoms. The molecule has 1 aromatic heterocycles. The molecular weight excluding hydrogens is 190 g/mol. The summed E-state index contributed by atoms with van der Waals surface area (Å²) in [5.74, 6) is 0. The Bertz CT molecular complexity index is 273. The van der Waals surface area contributed by atoms with Crippen molar-refractivity contribution >= 4 is 0 Å². The van der Waals surface area contributed by atoms with Crippen molar-refractivity contribution in [1.29, 1.82) is 0 Å². The fourth-order valence-corrected chi connectivity index (χ4v) is 1.56. The van der Waals surface area contributed by atoms with E-state index in [1.54, 1.807) is 7.11 Å². The van der Waals surface area contributed by atoms with Crippen LogP contribution in [0.4, 0.5) is 0 Å². The molecule has 0 aliphatic heterocycles. The van der Waals surface area contributed by atoms with Gasteiger partial charge in [0.25, 0.3) is 0 Å². The van der Waals surface area contributed by atoms with Crippen LogP contribution in [-0.2, 0) is 17.7 Å². The number of nitrogens with one attached hydrogen (secondary N) is 1. The summed E-state index contributed by atoms with van der Waals surface area (Å²) in [6.45, 7) is 3.80. The molecule has 0 radical (unpaired) electrons. The molecule has 4 nitrogen and oxygen atoms in total. The van der Waals surface area contributed by atoms with Crippen molar-refractivity contribution in [2.24, 2.45) is 0 Å². The van der Waals surface area contributed by atoms with Crippen molar-refractivity contribution in [3.05, 3.63) is 18.0 Å². The number of aromatic nitrogens is 2. The molecule has 1 rings (SSSR count). The summed E-state index contributed by atoms with van der Waals surface area (Å²) >= 11 is 0. The highest BCUT2D eigenvalue weighted by Gasteiger charge is 2.06. The maximum absolute atomic E-state index is 5.13. The van der Waals surface area contributed by atoms with E-state index in [0.717, 1.165) is 26.0 Å². The second-order valence-electron chi connectivity index (χ2n) is 3.68. The molecule has 0 aromatic carbocycles. The monoisotopic (exact) mass is 211 g/mol. The Morgan fingerprint density at radius 3 is 2.93 bits per heavy atom. The third-order valence-corrected chi connectivity index (χ3v) is 2.57. The van der Waals surface area contributed by atoms with Gasteiger partial charge in [0.2, 0.25) is 0 Å². The van der Waals surface area contributed by atoms with Gasteiger partial charge in [-0.2, -0.15) is 5.10 Å². The molecule has 1 aromatic rings. The predicted molar refractivity (Wildman–Crippen MR) is 60.9 cm³/mol. The molecule has 0 fully saturated rings. The zero-order chi connectivity index (χ0) is 11.1. The van der Waals surface area contributed by atoms with E-state index in [9.17, 15) is 0 Å². The van der Waals surface area contributed by atoms with Crippen LogP contribution in [0, 0.1) is 0 Å². The Labute approximate surface area is 91.6 Å². The predicted octanol–water partition coefficient (Wildman–Crippen LogP) is 1.07. The van der Waals surface area contributed by atoms with E-state index in [-0.39, 0.29) is 0 Å². The summed E-state index contributed by atoms with van der Waals surface area (Å²) in [5, 5.41) is 7.49. The van der Waals surface area contributed by atoms with Crippen LogP contribution in [0.3, 0.4) is 0 Å².